The quantitative estimate of drug-likeness (QED) is 0.810. The third-order valence-corrected chi connectivity index (χ3v) is 3.24. The normalized spacial score (nSPS) is 21.3. The van der Waals surface area contributed by atoms with Gasteiger partial charge in [0.15, 0.2) is 0 Å². The zero-order chi connectivity index (χ0) is 11.4. The Morgan fingerprint density at radius 1 is 1.38 bits per heavy atom. The van der Waals surface area contributed by atoms with Gasteiger partial charge in [0.1, 0.15) is 0 Å². The molecule has 1 atom stereocenters. The average molecular weight is 217 g/mol. The summed E-state index contributed by atoms with van der Waals surface area (Å²) in [5, 5.41) is 3.11. The standard InChI is InChI=1S/C14H19NO/c1-2-11-6-5-7-12(10-11)13-8-3-4-9-14(16)15-13/h5-7,10,13H,2-4,8-9H2,1H3,(H,15,16). The Hall–Kier alpha value is -1.31. The summed E-state index contributed by atoms with van der Waals surface area (Å²) in [5.41, 5.74) is 2.60. The van der Waals surface area contributed by atoms with Crippen molar-refractivity contribution in [2.24, 2.45) is 0 Å². The largest absolute Gasteiger partial charge is 0.349 e. The predicted molar refractivity (Wildman–Crippen MR) is 65.2 cm³/mol. The zero-order valence-electron chi connectivity index (χ0n) is 9.83. The summed E-state index contributed by atoms with van der Waals surface area (Å²) >= 11 is 0. The molecule has 1 aromatic carbocycles. The fourth-order valence-corrected chi connectivity index (χ4v) is 2.25. The van der Waals surface area contributed by atoms with E-state index in [0.717, 1.165) is 25.7 Å². The van der Waals surface area contributed by atoms with E-state index in [0.29, 0.717) is 6.42 Å². The molecule has 1 unspecified atom stereocenters. The monoisotopic (exact) mass is 217 g/mol. The highest BCUT2D eigenvalue weighted by atomic mass is 16.1. The molecule has 2 rings (SSSR count). The molecule has 0 saturated carbocycles. The summed E-state index contributed by atoms with van der Waals surface area (Å²) in [6, 6.07) is 8.79. The molecule has 1 aromatic rings. The second-order valence-electron chi connectivity index (χ2n) is 4.46. The summed E-state index contributed by atoms with van der Waals surface area (Å²) in [5.74, 6) is 0.199. The van der Waals surface area contributed by atoms with Gasteiger partial charge in [-0.1, -0.05) is 37.6 Å². The Kier molecular flexibility index (Phi) is 3.60. The van der Waals surface area contributed by atoms with Gasteiger partial charge in [-0.2, -0.15) is 0 Å². The number of aryl methyl sites for hydroxylation is 1. The van der Waals surface area contributed by atoms with Crippen molar-refractivity contribution >= 4 is 5.91 Å². The van der Waals surface area contributed by atoms with E-state index in [2.05, 4.69) is 36.5 Å². The van der Waals surface area contributed by atoms with Gasteiger partial charge >= 0.3 is 0 Å². The van der Waals surface area contributed by atoms with Crippen molar-refractivity contribution in [2.45, 2.75) is 45.1 Å². The predicted octanol–water partition coefficient (Wildman–Crippen LogP) is 2.98. The minimum absolute atomic E-state index is 0.199. The first kappa shape index (κ1) is 11.2. The molecule has 0 spiro atoms. The van der Waals surface area contributed by atoms with Crippen molar-refractivity contribution < 1.29 is 4.79 Å². The van der Waals surface area contributed by atoms with Crippen LogP contribution in [0, 0.1) is 0 Å². The van der Waals surface area contributed by atoms with E-state index in [1.54, 1.807) is 0 Å². The van der Waals surface area contributed by atoms with Gasteiger partial charge in [0.05, 0.1) is 6.04 Å². The van der Waals surface area contributed by atoms with Gasteiger partial charge in [0.2, 0.25) is 5.91 Å². The summed E-state index contributed by atoms with van der Waals surface area (Å²) < 4.78 is 0. The Morgan fingerprint density at radius 2 is 2.25 bits per heavy atom. The maximum absolute atomic E-state index is 11.5. The van der Waals surface area contributed by atoms with Crippen molar-refractivity contribution in [2.75, 3.05) is 0 Å². The van der Waals surface area contributed by atoms with Gasteiger partial charge in [0.25, 0.3) is 0 Å². The van der Waals surface area contributed by atoms with Gasteiger partial charge < -0.3 is 5.32 Å². The molecule has 2 heteroatoms. The van der Waals surface area contributed by atoms with E-state index in [1.807, 2.05) is 0 Å². The van der Waals surface area contributed by atoms with Crippen molar-refractivity contribution in [1.29, 1.82) is 0 Å². The molecule has 1 N–H and O–H groups in total. The molecule has 1 aliphatic rings. The average Bonchev–Trinajstić information content (AvgIpc) is 2.54. The Bertz CT molecular complexity index is 373. The van der Waals surface area contributed by atoms with Crippen LogP contribution in [0.1, 0.15) is 49.8 Å². The molecule has 16 heavy (non-hydrogen) atoms. The van der Waals surface area contributed by atoms with Crippen LogP contribution in [0.25, 0.3) is 0 Å². The van der Waals surface area contributed by atoms with Gasteiger partial charge in [-0.05, 0) is 30.4 Å². The van der Waals surface area contributed by atoms with Crippen LogP contribution in [-0.4, -0.2) is 5.91 Å². The molecule has 1 fully saturated rings. The topological polar surface area (TPSA) is 29.1 Å². The zero-order valence-corrected chi connectivity index (χ0v) is 9.83. The third kappa shape index (κ3) is 2.63. The van der Waals surface area contributed by atoms with Crippen LogP contribution in [0.15, 0.2) is 24.3 Å². The molecule has 1 aliphatic heterocycles. The molecule has 0 radical (unpaired) electrons. The highest BCUT2D eigenvalue weighted by Crippen LogP contribution is 2.23. The summed E-state index contributed by atoms with van der Waals surface area (Å²) in [6.45, 7) is 2.16. The second kappa shape index (κ2) is 5.15. The van der Waals surface area contributed by atoms with Crippen LogP contribution in [-0.2, 0) is 11.2 Å². The molecular formula is C14H19NO. The SMILES string of the molecule is CCc1cccc(C2CCCCC(=O)N2)c1. The van der Waals surface area contributed by atoms with E-state index >= 15 is 0 Å². The number of rotatable bonds is 2. The third-order valence-electron chi connectivity index (χ3n) is 3.24. The molecule has 86 valence electrons. The first-order chi connectivity index (χ1) is 7.79. The summed E-state index contributed by atoms with van der Waals surface area (Å²) in [7, 11) is 0. The minimum Gasteiger partial charge on any atom is -0.349 e. The molecule has 1 saturated heterocycles. The first-order valence-electron chi connectivity index (χ1n) is 6.18. The van der Waals surface area contributed by atoms with Crippen LogP contribution in [0.5, 0.6) is 0 Å². The molecule has 1 amide bonds. The lowest BCUT2D eigenvalue weighted by Gasteiger charge is -2.16. The Morgan fingerprint density at radius 3 is 3.06 bits per heavy atom. The molecule has 2 nitrogen and oxygen atoms in total. The van der Waals surface area contributed by atoms with Gasteiger partial charge in [-0.15, -0.1) is 0 Å². The van der Waals surface area contributed by atoms with Gasteiger partial charge in [-0.3, -0.25) is 4.79 Å². The van der Waals surface area contributed by atoms with Crippen LogP contribution in [0.4, 0.5) is 0 Å². The first-order valence-corrected chi connectivity index (χ1v) is 6.18. The number of hydrogen-bond donors (Lipinski definition) is 1. The summed E-state index contributed by atoms with van der Waals surface area (Å²) in [6.07, 6.45) is 4.97. The van der Waals surface area contributed by atoms with E-state index in [-0.39, 0.29) is 11.9 Å². The molecular weight excluding hydrogens is 198 g/mol. The van der Waals surface area contributed by atoms with Crippen molar-refractivity contribution in [1.82, 2.24) is 5.32 Å². The van der Waals surface area contributed by atoms with Crippen molar-refractivity contribution in [3.8, 4) is 0 Å². The second-order valence-corrected chi connectivity index (χ2v) is 4.46. The van der Waals surface area contributed by atoms with Crippen LogP contribution in [0.2, 0.25) is 0 Å². The lowest BCUT2D eigenvalue weighted by Crippen LogP contribution is -2.26. The maximum Gasteiger partial charge on any atom is 0.220 e. The lowest BCUT2D eigenvalue weighted by molar-refractivity contribution is -0.121. The molecule has 0 aliphatic carbocycles. The number of amides is 1. The van der Waals surface area contributed by atoms with E-state index in [4.69, 9.17) is 0 Å². The molecule has 0 bridgehead atoms. The number of benzene rings is 1. The van der Waals surface area contributed by atoms with E-state index in [9.17, 15) is 4.79 Å². The smallest absolute Gasteiger partial charge is 0.220 e. The van der Waals surface area contributed by atoms with Gasteiger partial charge in [0, 0.05) is 6.42 Å². The fraction of sp³-hybridized carbons (Fsp3) is 0.500. The fourth-order valence-electron chi connectivity index (χ4n) is 2.25. The molecule has 0 aromatic heterocycles. The number of carbonyl (C=O) groups excluding carboxylic acids is 1. The lowest BCUT2D eigenvalue weighted by atomic mass is 9.99. The maximum atomic E-state index is 11.5. The van der Waals surface area contributed by atoms with E-state index < -0.39 is 0 Å². The van der Waals surface area contributed by atoms with Crippen molar-refractivity contribution in [3.63, 3.8) is 0 Å². The number of hydrogen-bond acceptors (Lipinski definition) is 1. The Labute approximate surface area is 97.1 Å². The van der Waals surface area contributed by atoms with Crippen LogP contribution >= 0.6 is 0 Å². The minimum atomic E-state index is 0.199. The van der Waals surface area contributed by atoms with Crippen LogP contribution in [0.3, 0.4) is 0 Å². The van der Waals surface area contributed by atoms with Crippen LogP contribution < -0.4 is 5.32 Å². The number of nitrogens with one attached hydrogen (secondary N) is 1. The van der Waals surface area contributed by atoms with Crippen molar-refractivity contribution in [3.05, 3.63) is 35.4 Å². The molecule has 1 heterocycles. The number of carbonyl (C=O) groups is 1. The highest BCUT2D eigenvalue weighted by Gasteiger charge is 2.17. The highest BCUT2D eigenvalue weighted by molar-refractivity contribution is 5.76. The summed E-state index contributed by atoms with van der Waals surface area (Å²) in [4.78, 5) is 11.5. The Balaban J connectivity index is 2.17. The van der Waals surface area contributed by atoms with Gasteiger partial charge in [-0.25, -0.2) is 0 Å². The van der Waals surface area contributed by atoms with E-state index in [1.165, 1.54) is 11.1 Å².